The molecule has 0 unspecified atom stereocenters. The molecule has 1 heterocycles. The number of pyridine rings is 1. The molecule has 18 heavy (non-hydrogen) atoms. The summed E-state index contributed by atoms with van der Waals surface area (Å²) in [4.78, 5) is 26.3. The first-order valence-corrected chi connectivity index (χ1v) is 5.60. The fraction of sp³-hybridized carbons (Fsp3) is 0.417. The summed E-state index contributed by atoms with van der Waals surface area (Å²) in [5.41, 5.74) is -0.209. The first-order chi connectivity index (χ1) is 8.47. The molecule has 0 aliphatic rings. The zero-order valence-electron chi connectivity index (χ0n) is 10.2. The van der Waals surface area contributed by atoms with Crippen LogP contribution in [0, 0.1) is 11.7 Å². The van der Waals surface area contributed by atoms with Gasteiger partial charge in [-0.3, -0.25) is 9.78 Å². The first kappa shape index (κ1) is 14.1. The maximum atomic E-state index is 13.3. The number of carbonyl (C=O) groups is 2. The van der Waals surface area contributed by atoms with Crippen LogP contribution in [-0.2, 0) is 4.79 Å². The third kappa shape index (κ3) is 3.26. The van der Waals surface area contributed by atoms with Crippen LogP contribution >= 0.6 is 0 Å². The van der Waals surface area contributed by atoms with E-state index in [1.165, 1.54) is 12.3 Å². The summed E-state index contributed by atoms with van der Waals surface area (Å²) in [7, 11) is 0. The lowest BCUT2D eigenvalue weighted by atomic mass is 9.99. The van der Waals surface area contributed by atoms with Gasteiger partial charge in [0.15, 0.2) is 5.82 Å². The van der Waals surface area contributed by atoms with Gasteiger partial charge in [0.2, 0.25) is 0 Å². The minimum absolute atomic E-state index is 0.209. The van der Waals surface area contributed by atoms with Crippen LogP contribution in [0.2, 0.25) is 0 Å². The number of hydrogen-bond donors (Lipinski definition) is 2. The van der Waals surface area contributed by atoms with Gasteiger partial charge in [-0.15, -0.1) is 0 Å². The molecular weight excluding hydrogens is 239 g/mol. The topological polar surface area (TPSA) is 79.3 Å². The van der Waals surface area contributed by atoms with E-state index in [2.05, 4.69) is 10.3 Å². The van der Waals surface area contributed by atoms with E-state index in [0.717, 1.165) is 6.20 Å². The smallest absolute Gasteiger partial charge is 0.326 e. The number of carboxylic acids is 1. The molecule has 1 aromatic rings. The van der Waals surface area contributed by atoms with Gasteiger partial charge in [0.1, 0.15) is 6.04 Å². The summed E-state index contributed by atoms with van der Waals surface area (Å²) in [6, 6.07) is 0.176. The Bertz CT molecular complexity index is 451. The van der Waals surface area contributed by atoms with E-state index in [1.807, 2.05) is 6.92 Å². The number of aliphatic carboxylic acids is 1. The van der Waals surface area contributed by atoms with Crippen molar-refractivity contribution in [3.05, 3.63) is 29.8 Å². The van der Waals surface area contributed by atoms with Gasteiger partial charge in [-0.05, 0) is 12.0 Å². The molecule has 0 radical (unpaired) electrons. The van der Waals surface area contributed by atoms with E-state index in [1.54, 1.807) is 6.92 Å². The lowest BCUT2D eigenvalue weighted by molar-refractivity contribution is -0.140. The summed E-state index contributed by atoms with van der Waals surface area (Å²) in [5.74, 6) is -2.89. The molecule has 0 spiro atoms. The Kier molecular flexibility index (Phi) is 4.76. The van der Waals surface area contributed by atoms with Crippen molar-refractivity contribution in [2.24, 2.45) is 5.92 Å². The van der Waals surface area contributed by atoms with Crippen LogP contribution in [0.15, 0.2) is 18.5 Å². The fourth-order valence-electron chi connectivity index (χ4n) is 1.46. The van der Waals surface area contributed by atoms with Gasteiger partial charge < -0.3 is 10.4 Å². The zero-order chi connectivity index (χ0) is 13.7. The molecule has 0 fully saturated rings. The van der Waals surface area contributed by atoms with Gasteiger partial charge in [-0.2, -0.15) is 0 Å². The minimum Gasteiger partial charge on any atom is -0.480 e. The van der Waals surface area contributed by atoms with Crippen molar-refractivity contribution in [3.8, 4) is 0 Å². The van der Waals surface area contributed by atoms with Crippen molar-refractivity contribution in [2.75, 3.05) is 0 Å². The number of carboxylic acid groups (broad SMARTS) is 1. The molecule has 0 aliphatic carbocycles. The van der Waals surface area contributed by atoms with Crippen molar-refractivity contribution in [3.63, 3.8) is 0 Å². The summed E-state index contributed by atoms with van der Waals surface area (Å²) < 4.78 is 13.3. The number of carbonyl (C=O) groups excluding carboxylic acids is 1. The molecule has 98 valence electrons. The van der Waals surface area contributed by atoms with Gasteiger partial charge >= 0.3 is 5.97 Å². The van der Waals surface area contributed by atoms with Crippen molar-refractivity contribution in [1.29, 1.82) is 0 Å². The molecule has 1 amide bonds. The standard InChI is InChI=1S/C12H15FN2O3/c1-3-7(2)10(12(17)18)15-11(16)8-4-5-14-6-9(8)13/h4-7,10H,3H2,1-2H3,(H,15,16)(H,17,18)/t7-,10-/m0/s1. The van der Waals surface area contributed by atoms with Crippen LogP contribution in [-0.4, -0.2) is 28.0 Å². The van der Waals surface area contributed by atoms with E-state index in [0.29, 0.717) is 6.42 Å². The molecule has 6 heteroatoms. The fourth-order valence-corrected chi connectivity index (χ4v) is 1.46. The van der Waals surface area contributed by atoms with Gasteiger partial charge in [-0.25, -0.2) is 9.18 Å². The average Bonchev–Trinajstić information content (AvgIpc) is 2.35. The maximum absolute atomic E-state index is 13.3. The van der Waals surface area contributed by atoms with Crippen LogP contribution in [0.1, 0.15) is 30.6 Å². The Labute approximate surface area is 104 Å². The molecule has 1 aromatic heterocycles. The molecule has 5 nitrogen and oxygen atoms in total. The predicted octanol–water partition coefficient (Wildman–Crippen LogP) is 1.45. The van der Waals surface area contributed by atoms with E-state index in [9.17, 15) is 14.0 Å². The lowest BCUT2D eigenvalue weighted by Gasteiger charge is -2.20. The van der Waals surface area contributed by atoms with E-state index < -0.39 is 23.7 Å². The highest BCUT2D eigenvalue weighted by atomic mass is 19.1. The van der Waals surface area contributed by atoms with Gasteiger partial charge in [0.05, 0.1) is 11.8 Å². The highest BCUT2D eigenvalue weighted by Crippen LogP contribution is 2.10. The predicted molar refractivity (Wildman–Crippen MR) is 62.5 cm³/mol. The third-order valence-corrected chi connectivity index (χ3v) is 2.78. The SMILES string of the molecule is CC[C@H](C)[C@H](NC(=O)c1ccncc1F)C(=O)O. The summed E-state index contributed by atoms with van der Waals surface area (Å²) >= 11 is 0. The minimum atomic E-state index is -1.13. The largest absolute Gasteiger partial charge is 0.480 e. The number of rotatable bonds is 5. The quantitative estimate of drug-likeness (QED) is 0.833. The summed E-state index contributed by atoms with van der Waals surface area (Å²) in [6.07, 6.45) is 2.78. The molecule has 0 saturated carbocycles. The van der Waals surface area contributed by atoms with Crippen molar-refractivity contribution < 1.29 is 19.1 Å². The highest BCUT2D eigenvalue weighted by Gasteiger charge is 2.26. The van der Waals surface area contributed by atoms with E-state index in [-0.39, 0.29) is 11.5 Å². The Hall–Kier alpha value is -1.98. The molecule has 2 atom stereocenters. The molecular formula is C12H15FN2O3. The number of nitrogens with zero attached hydrogens (tertiary/aromatic N) is 1. The normalized spacial score (nSPS) is 13.7. The van der Waals surface area contributed by atoms with Gasteiger partial charge in [-0.1, -0.05) is 20.3 Å². The molecule has 0 saturated heterocycles. The Morgan fingerprint density at radius 1 is 1.56 bits per heavy atom. The number of halogens is 1. The van der Waals surface area contributed by atoms with Crippen LogP contribution in [0.25, 0.3) is 0 Å². The Morgan fingerprint density at radius 3 is 2.72 bits per heavy atom. The van der Waals surface area contributed by atoms with Crippen molar-refractivity contribution in [2.45, 2.75) is 26.3 Å². The van der Waals surface area contributed by atoms with E-state index >= 15 is 0 Å². The Balaban J connectivity index is 2.86. The van der Waals surface area contributed by atoms with Crippen molar-refractivity contribution >= 4 is 11.9 Å². The van der Waals surface area contributed by atoms with Gasteiger partial charge in [0.25, 0.3) is 5.91 Å². The maximum Gasteiger partial charge on any atom is 0.326 e. The summed E-state index contributed by atoms with van der Waals surface area (Å²) in [5, 5.41) is 11.3. The first-order valence-electron chi connectivity index (χ1n) is 5.60. The van der Waals surface area contributed by atoms with E-state index in [4.69, 9.17) is 5.11 Å². The van der Waals surface area contributed by atoms with Crippen molar-refractivity contribution in [1.82, 2.24) is 10.3 Å². The molecule has 2 N–H and O–H groups in total. The highest BCUT2D eigenvalue weighted by molar-refractivity contribution is 5.96. The number of nitrogens with one attached hydrogen (secondary N) is 1. The average molecular weight is 254 g/mol. The van der Waals surface area contributed by atoms with Gasteiger partial charge in [0, 0.05) is 6.20 Å². The number of hydrogen-bond acceptors (Lipinski definition) is 3. The van der Waals surface area contributed by atoms with Crippen LogP contribution < -0.4 is 5.32 Å². The second kappa shape index (κ2) is 6.09. The zero-order valence-corrected chi connectivity index (χ0v) is 10.2. The summed E-state index contributed by atoms with van der Waals surface area (Å²) in [6.45, 7) is 3.53. The third-order valence-electron chi connectivity index (χ3n) is 2.78. The number of amides is 1. The molecule has 0 aliphatic heterocycles. The molecule has 0 bridgehead atoms. The van der Waals surface area contributed by atoms with Crippen LogP contribution in [0.4, 0.5) is 4.39 Å². The number of aromatic nitrogens is 1. The Morgan fingerprint density at radius 2 is 2.22 bits per heavy atom. The lowest BCUT2D eigenvalue weighted by Crippen LogP contribution is -2.45. The monoisotopic (exact) mass is 254 g/mol. The molecule has 1 rings (SSSR count). The van der Waals surface area contributed by atoms with Crippen LogP contribution in [0.3, 0.4) is 0 Å². The second-order valence-electron chi connectivity index (χ2n) is 4.03. The molecule has 0 aromatic carbocycles. The van der Waals surface area contributed by atoms with Crippen LogP contribution in [0.5, 0.6) is 0 Å². The second-order valence-corrected chi connectivity index (χ2v) is 4.03.